The number of piperidine rings is 2. The fourth-order valence-electron chi connectivity index (χ4n) is 17.9. The molecule has 1 amide bonds. The zero-order valence-electron chi connectivity index (χ0n) is 95.7. The summed E-state index contributed by atoms with van der Waals surface area (Å²) < 4.78 is 0. The lowest BCUT2D eigenvalue weighted by Gasteiger charge is -2.51. The van der Waals surface area contributed by atoms with Crippen LogP contribution in [0.2, 0.25) is 0 Å². The molecular formula is C110H230N14O6. The molecule has 0 radical (unpaired) electrons. The van der Waals surface area contributed by atoms with Crippen molar-refractivity contribution in [3.05, 3.63) is 12.2 Å². The maximum absolute atomic E-state index is 11.0. The Hall–Kier alpha value is -1.51. The van der Waals surface area contributed by atoms with Gasteiger partial charge in [0.05, 0.1) is 37.1 Å². The summed E-state index contributed by atoms with van der Waals surface area (Å²) in [4.78, 5) is 42.5. The van der Waals surface area contributed by atoms with E-state index in [0.717, 1.165) is 123 Å². The van der Waals surface area contributed by atoms with Gasteiger partial charge in [0.1, 0.15) is 0 Å². The Morgan fingerprint density at radius 1 is 0.308 bits per heavy atom. The second kappa shape index (κ2) is 52.8. The maximum Gasteiger partial charge on any atom is 0.234 e. The van der Waals surface area contributed by atoms with Crippen LogP contribution < -0.4 is 5.32 Å². The van der Waals surface area contributed by atoms with Gasteiger partial charge in [0.15, 0.2) is 0 Å². The lowest BCUT2D eigenvalue weighted by molar-refractivity contribution is -0.125. The van der Waals surface area contributed by atoms with Crippen LogP contribution in [0, 0.1) is 22.7 Å². The van der Waals surface area contributed by atoms with Crippen LogP contribution in [-0.4, -0.2) is 374 Å². The first-order valence-electron chi connectivity index (χ1n) is 52.4. The molecule has 13 aliphatic rings. The second-order valence-corrected chi connectivity index (χ2v) is 56.0. The fraction of sp³-hybridized carbons (Fsp3) is 0.973. The zero-order chi connectivity index (χ0) is 101. The van der Waals surface area contributed by atoms with Gasteiger partial charge in [-0.05, 0) is 442 Å². The SMILES string of the molecule is CC(C)(C)N1CC(O)C1.CC(C)(C)N1CC=CC1.CC(C)(C)N1CCC(O)C1.CC(C)(C)N1CCC1.CC(C)(C)N1CCCC(O)C1.CC(C)(C)N1CCCC1.CC(C)(C)N1CCCC1CO.CC(C)(C)N1CCNC(=O)C1.CC1(C)CCN(C(C)(C)C)C1.CC1(C)CCN(C(C)(C)C)CC1.CC1(O)CN(C(C)(C)C)C1.CC1CCN(C(C)(C)C)C1.CC1CN(C(C)(C)C)C1. The van der Waals surface area contributed by atoms with Crippen molar-refractivity contribution < 1.29 is 30.3 Å². The van der Waals surface area contributed by atoms with Crippen LogP contribution in [0.25, 0.3) is 0 Å². The van der Waals surface area contributed by atoms with Gasteiger partial charge in [-0.3, -0.25) is 68.5 Å². The van der Waals surface area contributed by atoms with Crippen molar-refractivity contribution in [2.75, 3.05) is 177 Å². The highest BCUT2D eigenvalue weighted by molar-refractivity contribution is 5.78. The van der Waals surface area contributed by atoms with Gasteiger partial charge in [0, 0.05) is 176 Å². The number of aliphatic hydroxyl groups is 5. The van der Waals surface area contributed by atoms with E-state index in [2.05, 4.69) is 393 Å². The lowest BCUT2D eigenvalue weighted by Crippen LogP contribution is -2.65. The molecule has 4 unspecified atom stereocenters. The lowest BCUT2D eigenvalue weighted by atomic mass is 9.81. The maximum atomic E-state index is 11.0. The monoisotopic (exact) mass is 1840 g/mol. The molecule has 6 N–H and O–H groups in total. The Kier molecular flexibility index (Phi) is 51.4. The van der Waals surface area contributed by atoms with Gasteiger partial charge in [-0.1, -0.05) is 53.7 Å². The van der Waals surface area contributed by atoms with E-state index in [1.165, 1.54) is 130 Å². The third-order valence-electron chi connectivity index (χ3n) is 28.4. The molecule has 0 saturated carbocycles. The number of aliphatic hydroxyl groups excluding tert-OH is 4. The number of likely N-dealkylation sites (tertiary alicyclic amines) is 11. The van der Waals surface area contributed by atoms with Gasteiger partial charge in [-0.2, -0.15) is 0 Å². The van der Waals surface area contributed by atoms with E-state index in [1.807, 2.05) is 6.92 Å². The topological polar surface area (TPSA) is 172 Å². The molecule has 0 aromatic heterocycles. The predicted octanol–water partition coefficient (Wildman–Crippen LogP) is 19.2. The van der Waals surface area contributed by atoms with Crippen molar-refractivity contribution in [3.8, 4) is 0 Å². The number of hydrogen-bond acceptors (Lipinski definition) is 19. The first-order valence-corrected chi connectivity index (χ1v) is 52.4. The average Bonchev–Trinajstić information content (AvgIpc) is 1.09. The molecule has 0 aromatic rings. The van der Waals surface area contributed by atoms with E-state index in [0.29, 0.717) is 68.8 Å². The summed E-state index contributed by atoms with van der Waals surface area (Å²) in [6.45, 7) is 132. The molecule has 0 spiro atoms. The van der Waals surface area contributed by atoms with Crippen molar-refractivity contribution in [2.45, 2.75) is 498 Å². The standard InChI is InChI=1S/C11H23N.C10H21N.2C9H19NO.C9H19N.C8H16N2O.2C8H17NO.2C8H17N.C8H15N.C7H15NO.C7H15N/c1-10(2,3)12-8-6-11(4,5)7-9-12;1-9(2,3)11-7-6-10(4,5)8-11;1-9(2,3)10-6-4-5-8(10)7-11;1-9(2,3)10-6-4-5-8(11)7-10;1-8-5-6-10(7-8)9(2,3)4;1-8(2,3)10-5-4-9-7(11)6-10;1-7(2,3)9-5-8(4,10)6-9;1-8(2,3)9-5-4-7(10)6-9;1-7-5-9(6-7)8(2,3)4;2*1-8(2,3)9-6-4-5-7-9;1-7(2,3)8-4-6(9)5-8;1-7(2,3)8-5-4-6-8/h6-9H2,1-5H3;6-8H2,1-5H3;2*8,11H,4-7H2,1-3H3;8H,5-7H2,1-4H3;4-6H2,1-3H3,(H,9,11);10H,5-6H2,1-4H3;7,10H,4-6H2,1-3H3;7H,5-6H2,1-4H3;4-7H2,1-3H3;4-5H,6-7H2,1-3H3;6,9H,4-5H2,1-3H3;4-6H2,1-3H3. The van der Waals surface area contributed by atoms with Crippen LogP contribution in [0.3, 0.4) is 0 Å². The molecule has 130 heavy (non-hydrogen) atoms. The van der Waals surface area contributed by atoms with Crippen molar-refractivity contribution in [2.24, 2.45) is 22.7 Å². The fourth-order valence-corrected chi connectivity index (χ4v) is 17.9. The van der Waals surface area contributed by atoms with Gasteiger partial charge < -0.3 is 30.8 Å². The summed E-state index contributed by atoms with van der Waals surface area (Å²) in [5.41, 5.74) is 4.73. The van der Waals surface area contributed by atoms with Gasteiger partial charge in [0.2, 0.25) is 5.91 Å². The normalized spacial score (nSPS) is 25.5. The summed E-state index contributed by atoms with van der Waals surface area (Å²) in [6, 6.07) is 0.412. The number of carbonyl (C=O) groups excluding carboxylic acids is 1. The molecule has 13 aliphatic heterocycles. The molecule has 13 heterocycles. The number of β-amino-alcohol motifs (C(OH)–C–C–N with tert-alkyl or cyclic N) is 4. The zero-order valence-corrected chi connectivity index (χ0v) is 95.7. The van der Waals surface area contributed by atoms with Crippen molar-refractivity contribution in [1.29, 1.82) is 0 Å². The molecule has 12 fully saturated rings. The third kappa shape index (κ3) is 52.1. The summed E-state index contributed by atoms with van der Waals surface area (Å²) in [7, 11) is 0. The molecule has 4 atom stereocenters. The predicted molar refractivity (Wildman–Crippen MR) is 565 cm³/mol. The van der Waals surface area contributed by atoms with Gasteiger partial charge >= 0.3 is 0 Å². The minimum atomic E-state index is -0.423. The number of hydrogen-bond donors (Lipinski definition) is 6. The minimum Gasteiger partial charge on any atom is -0.395 e. The summed E-state index contributed by atoms with van der Waals surface area (Å²) in [6.07, 6.45) is 19.3. The summed E-state index contributed by atoms with van der Waals surface area (Å²) in [5.74, 6) is 2.00. The van der Waals surface area contributed by atoms with Crippen LogP contribution in [0.15, 0.2) is 12.2 Å². The highest BCUT2D eigenvalue weighted by Gasteiger charge is 2.43. The van der Waals surface area contributed by atoms with Crippen molar-refractivity contribution >= 4 is 5.91 Å². The Bertz CT molecular complexity index is 2950. The van der Waals surface area contributed by atoms with Crippen LogP contribution in [0.1, 0.15) is 396 Å². The molecule has 13 rings (SSSR count). The molecule has 0 aliphatic carbocycles. The van der Waals surface area contributed by atoms with Gasteiger partial charge in [-0.25, -0.2) is 0 Å². The average molecular weight is 1850 g/mol. The van der Waals surface area contributed by atoms with E-state index in [-0.39, 0.29) is 57.5 Å². The molecule has 776 valence electrons. The summed E-state index contributed by atoms with van der Waals surface area (Å²) in [5, 5.41) is 48.8. The van der Waals surface area contributed by atoms with Crippen LogP contribution >= 0.6 is 0 Å². The number of nitrogens with zero attached hydrogens (tertiary/aromatic N) is 13. The molecule has 12 saturated heterocycles. The number of nitrogens with one attached hydrogen (secondary N) is 1. The van der Waals surface area contributed by atoms with Crippen LogP contribution in [0.4, 0.5) is 0 Å². The largest absolute Gasteiger partial charge is 0.395 e. The third-order valence-corrected chi connectivity index (χ3v) is 28.4. The van der Waals surface area contributed by atoms with E-state index in [9.17, 15) is 20.1 Å². The Morgan fingerprint density at radius 2 is 0.631 bits per heavy atom. The van der Waals surface area contributed by atoms with Crippen LogP contribution in [-0.2, 0) is 4.79 Å². The summed E-state index contributed by atoms with van der Waals surface area (Å²) >= 11 is 0. The number of carbonyl (C=O) groups is 1. The highest BCUT2D eigenvalue weighted by Crippen LogP contribution is 2.36. The van der Waals surface area contributed by atoms with Gasteiger partial charge in [0.25, 0.3) is 0 Å². The smallest absolute Gasteiger partial charge is 0.234 e. The van der Waals surface area contributed by atoms with Crippen LogP contribution in [0.5, 0.6) is 0 Å². The number of amides is 1. The number of rotatable bonds is 1. The minimum absolute atomic E-state index is 0.0655. The van der Waals surface area contributed by atoms with E-state index in [4.69, 9.17) is 10.2 Å². The van der Waals surface area contributed by atoms with Gasteiger partial charge in [-0.15, -0.1) is 0 Å². The Labute approximate surface area is 809 Å². The second-order valence-electron chi connectivity index (χ2n) is 56.0. The number of piperazine rings is 1. The van der Waals surface area contributed by atoms with E-state index >= 15 is 0 Å². The van der Waals surface area contributed by atoms with E-state index in [1.54, 1.807) is 0 Å². The first-order chi connectivity index (χ1) is 58.3. The molecule has 0 bridgehead atoms. The molecule has 20 nitrogen and oxygen atoms in total. The highest BCUT2D eigenvalue weighted by atomic mass is 16.3. The van der Waals surface area contributed by atoms with Crippen molar-refractivity contribution in [3.63, 3.8) is 0 Å². The quantitative estimate of drug-likeness (QED) is 0.137. The van der Waals surface area contributed by atoms with Crippen molar-refractivity contribution in [1.82, 2.24) is 69.0 Å². The first kappa shape index (κ1) is 126. The Morgan fingerprint density at radius 3 is 0.854 bits per heavy atom. The molecule has 20 heteroatoms. The Balaban J connectivity index is 0.000000705. The van der Waals surface area contributed by atoms with E-state index < -0.39 is 5.60 Å². The molecule has 0 aromatic carbocycles. The molecular weight excluding hydrogens is 1610 g/mol.